The Bertz CT molecular complexity index is 418. The van der Waals surface area contributed by atoms with Crippen LogP contribution in [0.3, 0.4) is 0 Å². The van der Waals surface area contributed by atoms with Crippen molar-refractivity contribution in [3.63, 3.8) is 0 Å². The molecule has 3 nitrogen and oxygen atoms in total. The van der Waals surface area contributed by atoms with Crippen molar-refractivity contribution < 1.29 is 9.53 Å². The van der Waals surface area contributed by atoms with Crippen LogP contribution >= 0.6 is 15.9 Å². The molecule has 0 saturated heterocycles. The molecule has 0 aliphatic rings. The summed E-state index contributed by atoms with van der Waals surface area (Å²) in [5.41, 5.74) is 6.63. The lowest BCUT2D eigenvalue weighted by molar-refractivity contribution is -0.119. The van der Waals surface area contributed by atoms with Crippen molar-refractivity contribution in [1.29, 1.82) is 0 Å². The van der Waals surface area contributed by atoms with Crippen molar-refractivity contribution in [2.75, 3.05) is 7.11 Å². The zero-order chi connectivity index (χ0) is 12.8. The van der Waals surface area contributed by atoms with Crippen LogP contribution in [0.25, 0.3) is 0 Å². The van der Waals surface area contributed by atoms with Crippen LogP contribution in [0, 0.1) is 0 Å². The van der Waals surface area contributed by atoms with Gasteiger partial charge in [0.25, 0.3) is 0 Å². The SMILES string of the molecule is C=CCC(N)C(=O)Cc1ccc(OC)c(Br)c1. The van der Waals surface area contributed by atoms with Gasteiger partial charge < -0.3 is 10.5 Å². The number of hydrogen-bond acceptors (Lipinski definition) is 3. The van der Waals surface area contributed by atoms with Crippen LogP contribution in [0.2, 0.25) is 0 Å². The Kier molecular flexibility index (Phi) is 5.38. The highest BCUT2D eigenvalue weighted by Crippen LogP contribution is 2.25. The predicted octanol–water partition coefficient (Wildman–Crippen LogP) is 2.47. The molecule has 0 saturated carbocycles. The highest BCUT2D eigenvalue weighted by atomic mass is 79.9. The minimum absolute atomic E-state index is 0.0157. The maximum Gasteiger partial charge on any atom is 0.154 e. The van der Waals surface area contributed by atoms with E-state index in [2.05, 4.69) is 22.5 Å². The lowest BCUT2D eigenvalue weighted by Crippen LogP contribution is -2.31. The second-order valence-corrected chi connectivity index (χ2v) is 4.60. The molecule has 1 atom stereocenters. The zero-order valence-electron chi connectivity index (χ0n) is 9.78. The van der Waals surface area contributed by atoms with Crippen LogP contribution in [-0.2, 0) is 11.2 Å². The Balaban J connectivity index is 2.72. The third kappa shape index (κ3) is 3.98. The molecule has 0 radical (unpaired) electrons. The van der Waals surface area contributed by atoms with Gasteiger partial charge in [0, 0.05) is 6.42 Å². The first-order valence-electron chi connectivity index (χ1n) is 5.30. The van der Waals surface area contributed by atoms with Crippen molar-refractivity contribution in [1.82, 2.24) is 0 Å². The number of methoxy groups -OCH3 is 1. The minimum atomic E-state index is -0.464. The first-order chi connectivity index (χ1) is 8.08. The highest BCUT2D eigenvalue weighted by Gasteiger charge is 2.13. The molecule has 0 aliphatic carbocycles. The Morgan fingerprint density at radius 3 is 2.88 bits per heavy atom. The molecule has 0 aliphatic heterocycles. The summed E-state index contributed by atoms with van der Waals surface area (Å²) in [7, 11) is 1.60. The van der Waals surface area contributed by atoms with Gasteiger partial charge in [-0.15, -0.1) is 6.58 Å². The van der Waals surface area contributed by atoms with E-state index < -0.39 is 6.04 Å². The molecule has 0 heterocycles. The molecule has 1 aromatic carbocycles. The fourth-order valence-electron chi connectivity index (χ4n) is 1.46. The number of carbonyl (C=O) groups excluding carboxylic acids is 1. The Morgan fingerprint density at radius 2 is 2.35 bits per heavy atom. The van der Waals surface area contributed by atoms with E-state index in [1.54, 1.807) is 13.2 Å². The first-order valence-corrected chi connectivity index (χ1v) is 6.09. The number of rotatable bonds is 6. The molecule has 1 aromatic rings. The molecular formula is C13H16BrNO2. The average molecular weight is 298 g/mol. The van der Waals surface area contributed by atoms with Gasteiger partial charge >= 0.3 is 0 Å². The predicted molar refractivity (Wildman–Crippen MR) is 72.2 cm³/mol. The average Bonchev–Trinajstić information content (AvgIpc) is 2.29. The monoisotopic (exact) mass is 297 g/mol. The molecule has 0 fully saturated rings. The molecule has 1 unspecified atom stereocenters. The molecule has 0 amide bonds. The maximum absolute atomic E-state index is 11.7. The molecule has 0 bridgehead atoms. The Hall–Kier alpha value is -1.13. The Morgan fingerprint density at radius 1 is 1.65 bits per heavy atom. The second-order valence-electron chi connectivity index (χ2n) is 3.74. The maximum atomic E-state index is 11.7. The van der Waals surface area contributed by atoms with Gasteiger partial charge in [0.05, 0.1) is 17.6 Å². The van der Waals surface area contributed by atoms with Crippen LogP contribution in [-0.4, -0.2) is 18.9 Å². The number of Topliss-reactive ketones (excluding diaryl/α,β-unsaturated/α-hetero) is 1. The summed E-state index contributed by atoms with van der Waals surface area (Å²) in [4.78, 5) is 11.7. The fourth-order valence-corrected chi connectivity index (χ4v) is 2.05. The molecular weight excluding hydrogens is 282 g/mol. The van der Waals surface area contributed by atoms with E-state index >= 15 is 0 Å². The number of ketones is 1. The van der Waals surface area contributed by atoms with E-state index in [9.17, 15) is 4.79 Å². The van der Waals surface area contributed by atoms with E-state index in [0.717, 1.165) is 15.8 Å². The Labute approximate surface area is 110 Å². The van der Waals surface area contributed by atoms with Crippen LogP contribution in [0.15, 0.2) is 35.3 Å². The normalized spacial score (nSPS) is 11.9. The minimum Gasteiger partial charge on any atom is -0.496 e. The van der Waals surface area contributed by atoms with Crippen LogP contribution in [0.1, 0.15) is 12.0 Å². The number of carbonyl (C=O) groups is 1. The first kappa shape index (κ1) is 13.9. The standard InChI is InChI=1S/C13H16BrNO2/c1-3-4-11(15)12(16)8-9-5-6-13(17-2)10(14)7-9/h3,5-7,11H,1,4,8,15H2,2H3. The number of ether oxygens (including phenoxy) is 1. The zero-order valence-corrected chi connectivity index (χ0v) is 11.4. The van der Waals surface area contributed by atoms with Crippen molar-refractivity contribution in [3.05, 3.63) is 40.9 Å². The lowest BCUT2D eigenvalue weighted by atomic mass is 10.0. The third-order valence-electron chi connectivity index (χ3n) is 2.43. The van der Waals surface area contributed by atoms with Gasteiger partial charge in [-0.1, -0.05) is 12.1 Å². The molecule has 92 valence electrons. The van der Waals surface area contributed by atoms with Gasteiger partial charge in [0.15, 0.2) is 5.78 Å². The van der Waals surface area contributed by atoms with Crippen LogP contribution < -0.4 is 10.5 Å². The molecule has 17 heavy (non-hydrogen) atoms. The van der Waals surface area contributed by atoms with Crippen molar-refractivity contribution in [2.24, 2.45) is 5.73 Å². The summed E-state index contributed by atoms with van der Waals surface area (Å²) in [5, 5.41) is 0. The molecule has 0 spiro atoms. The van der Waals surface area contributed by atoms with Crippen molar-refractivity contribution >= 4 is 21.7 Å². The van der Waals surface area contributed by atoms with Crippen molar-refractivity contribution in [2.45, 2.75) is 18.9 Å². The van der Waals surface area contributed by atoms with E-state index in [1.165, 1.54) is 0 Å². The number of nitrogens with two attached hydrogens (primary N) is 1. The molecule has 0 aromatic heterocycles. The molecule has 1 rings (SSSR count). The third-order valence-corrected chi connectivity index (χ3v) is 3.05. The second kappa shape index (κ2) is 6.57. The molecule has 4 heteroatoms. The van der Waals surface area contributed by atoms with Gasteiger partial charge in [0.1, 0.15) is 5.75 Å². The highest BCUT2D eigenvalue weighted by molar-refractivity contribution is 9.10. The number of halogens is 1. The fraction of sp³-hybridized carbons (Fsp3) is 0.308. The van der Waals surface area contributed by atoms with Gasteiger partial charge in [-0.25, -0.2) is 0 Å². The smallest absolute Gasteiger partial charge is 0.154 e. The van der Waals surface area contributed by atoms with E-state index in [0.29, 0.717) is 12.8 Å². The molecule has 2 N–H and O–H groups in total. The van der Waals surface area contributed by atoms with Gasteiger partial charge in [-0.2, -0.15) is 0 Å². The van der Waals surface area contributed by atoms with E-state index in [-0.39, 0.29) is 5.78 Å². The summed E-state index contributed by atoms with van der Waals surface area (Å²) in [5.74, 6) is 0.763. The van der Waals surface area contributed by atoms with E-state index in [1.807, 2.05) is 18.2 Å². The topological polar surface area (TPSA) is 52.3 Å². The van der Waals surface area contributed by atoms with Crippen molar-refractivity contribution in [3.8, 4) is 5.75 Å². The van der Waals surface area contributed by atoms with Crippen LogP contribution in [0.4, 0.5) is 0 Å². The number of hydrogen-bond donors (Lipinski definition) is 1. The van der Waals surface area contributed by atoms with Gasteiger partial charge in [-0.05, 0) is 40.0 Å². The summed E-state index contributed by atoms with van der Waals surface area (Å²) in [6.45, 7) is 3.57. The summed E-state index contributed by atoms with van der Waals surface area (Å²) >= 11 is 3.38. The summed E-state index contributed by atoms with van der Waals surface area (Å²) in [6, 6.07) is 5.10. The van der Waals surface area contributed by atoms with Crippen LogP contribution in [0.5, 0.6) is 5.75 Å². The summed E-state index contributed by atoms with van der Waals surface area (Å²) in [6.07, 6.45) is 2.50. The van der Waals surface area contributed by atoms with Gasteiger partial charge in [0.2, 0.25) is 0 Å². The quantitative estimate of drug-likeness (QED) is 0.821. The largest absolute Gasteiger partial charge is 0.496 e. The lowest BCUT2D eigenvalue weighted by Gasteiger charge is -2.09. The number of benzene rings is 1. The van der Waals surface area contributed by atoms with E-state index in [4.69, 9.17) is 10.5 Å². The summed E-state index contributed by atoms with van der Waals surface area (Å²) < 4.78 is 5.96. The van der Waals surface area contributed by atoms with Gasteiger partial charge in [-0.3, -0.25) is 4.79 Å².